The third kappa shape index (κ3) is 6.18. The average molecular weight is 442 g/mol. The molecule has 156 valence electrons. The number of carbonyl (C=O) groups excluding carboxylic acids is 1. The molecule has 3 rings (SSSR count). The summed E-state index contributed by atoms with van der Waals surface area (Å²) in [4.78, 5) is 25.6. The molecule has 0 radical (unpaired) electrons. The van der Waals surface area contributed by atoms with Crippen molar-refractivity contribution in [1.29, 1.82) is 0 Å². The summed E-state index contributed by atoms with van der Waals surface area (Å²) in [6.07, 6.45) is 4.05. The zero-order valence-corrected chi connectivity index (χ0v) is 18.1. The molecular weight excluding hydrogens is 418 g/mol. The molecule has 5 nitrogen and oxygen atoms in total. The highest BCUT2D eigenvalue weighted by Gasteiger charge is 2.31. The number of hydrogen-bond donors (Lipinski definition) is 1. The molecule has 0 spiro atoms. The summed E-state index contributed by atoms with van der Waals surface area (Å²) >= 11 is 6.67. The van der Waals surface area contributed by atoms with E-state index in [4.69, 9.17) is 22.1 Å². The minimum absolute atomic E-state index is 0.110. The van der Waals surface area contributed by atoms with Gasteiger partial charge in [-0.1, -0.05) is 78.9 Å². The summed E-state index contributed by atoms with van der Waals surface area (Å²) < 4.78 is 6.51. The van der Waals surface area contributed by atoms with Crippen molar-refractivity contribution in [2.75, 3.05) is 6.54 Å². The molecule has 0 bridgehead atoms. The first-order valence-electron chi connectivity index (χ1n) is 9.77. The lowest BCUT2D eigenvalue weighted by molar-refractivity contribution is -0.137. The Morgan fingerprint density at radius 1 is 1.07 bits per heavy atom. The molecule has 0 aromatic heterocycles. The highest BCUT2D eigenvalue weighted by atomic mass is 32.2. The predicted octanol–water partition coefficient (Wildman–Crippen LogP) is 5.11. The van der Waals surface area contributed by atoms with Crippen molar-refractivity contribution in [3.05, 3.63) is 70.6 Å². The summed E-state index contributed by atoms with van der Waals surface area (Å²) in [5, 5.41) is 8.70. The predicted molar refractivity (Wildman–Crippen MR) is 123 cm³/mol. The zero-order valence-electron chi connectivity index (χ0n) is 16.5. The van der Waals surface area contributed by atoms with Gasteiger partial charge in [0, 0.05) is 18.5 Å². The van der Waals surface area contributed by atoms with Gasteiger partial charge in [-0.25, -0.2) is 0 Å². The number of amides is 1. The van der Waals surface area contributed by atoms with Gasteiger partial charge in [-0.3, -0.25) is 14.5 Å². The molecule has 0 atom stereocenters. The first-order valence-corrected chi connectivity index (χ1v) is 11.0. The van der Waals surface area contributed by atoms with Gasteiger partial charge in [0.05, 0.1) is 4.91 Å². The Hall–Kier alpha value is -2.64. The fraction of sp³-hybridized carbons (Fsp3) is 0.261. The van der Waals surface area contributed by atoms with Gasteiger partial charge < -0.3 is 9.84 Å². The smallest absolute Gasteiger partial charge is 0.303 e. The standard InChI is InChI=1S/C23H23NO4S2/c25-21(26)13-5-2-8-14-24-22(27)20(30-23(24)29)15-18-11-6-7-12-19(18)28-16-17-9-3-1-4-10-17/h1,3-4,6-7,9-12,15H,2,5,8,13-14,16H2,(H,25,26)/b20-15-. The molecule has 1 fully saturated rings. The molecule has 2 aromatic carbocycles. The van der Waals surface area contributed by atoms with E-state index in [-0.39, 0.29) is 12.3 Å². The first-order chi connectivity index (χ1) is 14.5. The SMILES string of the molecule is O=C(O)CCCCCN1C(=O)/C(=C/c2ccccc2OCc2ccccc2)SC1=S. The van der Waals surface area contributed by atoms with Gasteiger partial charge in [0.2, 0.25) is 0 Å². The Bertz CT molecular complexity index is 943. The van der Waals surface area contributed by atoms with Crippen LogP contribution in [0.1, 0.15) is 36.8 Å². The van der Waals surface area contributed by atoms with Crippen LogP contribution in [0.25, 0.3) is 6.08 Å². The Labute approximate surface area is 185 Å². The number of rotatable bonds is 10. The van der Waals surface area contributed by atoms with Crippen molar-refractivity contribution >= 4 is 46.3 Å². The lowest BCUT2D eigenvalue weighted by atomic mass is 10.1. The van der Waals surface area contributed by atoms with Crippen LogP contribution in [-0.4, -0.2) is 32.7 Å². The second kappa shape index (κ2) is 10.9. The van der Waals surface area contributed by atoms with Gasteiger partial charge in [-0.05, 0) is 30.5 Å². The molecule has 1 aliphatic rings. The molecule has 0 unspecified atom stereocenters. The monoisotopic (exact) mass is 441 g/mol. The molecule has 7 heteroatoms. The normalized spacial score (nSPS) is 15.1. The summed E-state index contributed by atoms with van der Waals surface area (Å²) in [7, 11) is 0. The van der Waals surface area contributed by atoms with Crippen LogP contribution in [0.5, 0.6) is 5.75 Å². The Kier molecular flexibility index (Phi) is 8.04. The molecule has 30 heavy (non-hydrogen) atoms. The van der Waals surface area contributed by atoms with Crippen LogP contribution in [0.4, 0.5) is 0 Å². The number of thiocarbonyl (C=S) groups is 1. The van der Waals surface area contributed by atoms with Crippen molar-refractivity contribution in [3.8, 4) is 5.75 Å². The minimum Gasteiger partial charge on any atom is -0.488 e. The van der Waals surface area contributed by atoms with E-state index in [0.29, 0.717) is 34.5 Å². The summed E-state index contributed by atoms with van der Waals surface area (Å²) in [6.45, 7) is 0.955. The average Bonchev–Trinajstić information content (AvgIpc) is 3.00. The van der Waals surface area contributed by atoms with E-state index < -0.39 is 5.97 Å². The number of benzene rings is 2. The quantitative estimate of drug-likeness (QED) is 0.314. The minimum atomic E-state index is -0.795. The molecule has 2 aromatic rings. The number of para-hydroxylation sites is 1. The lowest BCUT2D eigenvalue weighted by Crippen LogP contribution is -2.29. The fourth-order valence-electron chi connectivity index (χ4n) is 3.02. The van der Waals surface area contributed by atoms with E-state index in [0.717, 1.165) is 24.0 Å². The van der Waals surface area contributed by atoms with Crippen molar-refractivity contribution in [2.45, 2.75) is 32.3 Å². The topological polar surface area (TPSA) is 66.8 Å². The molecular formula is C23H23NO4S2. The number of carboxylic acid groups (broad SMARTS) is 1. The fourth-order valence-corrected chi connectivity index (χ4v) is 4.32. The number of carbonyl (C=O) groups is 2. The number of carboxylic acids is 1. The van der Waals surface area contributed by atoms with Crippen molar-refractivity contribution < 1.29 is 19.4 Å². The largest absolute Gasteiger partial charge is 0.488 e. The number of ether oxygens (including phenoxy) is 1. The highest BCUT2D eigenvalue weighted by molar-refractivity contribution is 8.26. The van der Waals surface area contributed by atoms with Crippen LogP contribution in [0.2, 0.25) is 0 Å². The summed E-state index contributed by atoms with van der Waals surface area (Å²) in [5.74, 6) is -0.196. The van der Waals surface area contributed by atoms with E-state index >= 15 is 0 Å². The van der Waals surface area contributed by atoms with E-state index in [9.17, 15) is 9.59 Å². The molecule has 0 saturated carbocycles. The van der Waals surface area contributed by atoms with E-state index in [1.807, 2.05) is 60.7 Å². The number of hydrogen-bond acceptors (Lipinski definition) is 5. The van der Waals surface area contributed by atoms with Gasteiger partial charge in [-0.2, -0.15) is 0 Å². The van der Waals surface area contributed by atoms with Crippen LogP contribution >= 0.6 is 24.0 Å². The van der Waals surface area contributed by atoms with E-state index in [1.54, 1.807) is 4.90 Å². The van der Waals surface area contributed by atoms with Crippen molar-refractivity contribution in [3.63, 3.8) is 0 Å². The maximum Gasteiger partial charge on any atom is 0.303 e. The Morgan fingerprint density at radius 2 is 1.80 bits per heavy atom. The number of thioether (sulfide) groups is 1. The van der Waals surface area contributed by atoms with Gasteiger partial charge in [-0.15, -0.1) is 0 Å². The van der Waals surface area contributed by atoms with Crippen molar-refractivity contribution in [1.82, 2.24) is 4.90 Å². The number of unbranched alkanes of at least 4 members (excludes halogenated alkanes) is 2. The molecule has 1 aliphatic heterocycles. The second-order valence-electron chi connectivity index (χ2n) is 6.85. The van der Waals surface area contributed by atoms with E-state index in [2.05, 4.69) is 0 Å². The number of aliphatic carboxylic acids is 1. The van der Waals surface area contributed by atoms with Gasteiger partial charge in [0.25, 0.3) is 5.91 Å². The van der Waals surface area contributed by atoms with Crippen LogP contribution in [0.15, 0.2) is 59.5 Å². The number of nitrogens with zero attached hydrogens (tertiary/aromatic N) is 1. The molecule has 1 heterocycles. The van der Waals surface area contributed by atoms with Gasteiger partial charge in [0.1, 0.15) is 16.7 Å². The van der Waals surface area contributed by atoms with Crippen molar-refractivity contribution in [2.24, 2.45) is 0 Å². The van der Waals surface area contributed by atoms with Gasteiger partial charge >= 0.3 is 5.97 Å². The Morgan fingerprint density at radius 3 is 2.57 bits per heavy atom. The first kappa shape index (κ1) is 22.1. The lowest BCUT2D eigenvalue weighted by Gasteiger charge is -2.14. The maximum absolute atomic E-state index is 12.8. The summed E-state index contributed by atoms with van der Waals surface area (Å²) in [6, 6.07) is 17.5. The van der Waals surface area contributed by atoms with Crippen LogP contribution in [0, 0.1) is 0 Å². The zero-order chi connectivity index (χ0) is 21.3. The third-order valence-corrected chi connectivity index (χ3v) is 5.97. The molecule has 1 amide bonds. The maximum atomic E-state index is 12.8. The molecule has 0 aliphatic carbocycles. The third-order valence-electron chi connectivity index (χ3n) is 4.59. The van der Waals surface area contributed by atoms with Crippen LogP contribution < -0.4 is 4.74 Å². The molecule has 1 N–H and O–H groups in total. The second-order valence-corrected chi connectivity index (χ2v) is 8.53. The van der Waals surface area contributed by atoms with E-state index in [1.165, 1.54) is 11.8 Å². The summed E-state index contributed by atoms with van der Waals surface area (Å²) in [5.41, 5.74) is 1.90. The molecule has 1 saturated heterocycles. The van der Waals surface area contributed by atoms with Crippen LogP contribution in [-0.2, 0) is 16.2 Å². The Balaban J connectivity index is 1.63. The van der Waals surface area contributed by atoms with Crippen LogP contribution in [0.3, 0.4) is 0 Å². The highest BCUT2D eigenvalue weighted by Crippen LogP contribution is 2.34. The van der Waals surface area contributed by atoms with Gasteiger partial charge in [0.15, 0.2) is 0 Å².